The fourth-order valence-corrected chi connectivity index (χ4v) is 2.94. The summed E-state index contributed by atoms with van der Waals surface area (Å²) in [6.45, 7) is 1.90. The van der Waals surface area contributed by atoms with Crippen LogP contribution in [0.2, 0.25) is 0 Å². The summed E-state index contributed by atoms with van der Waals surface area (Å²) in [5.41, 5.74) is 3.06. The molecule has 1 atom stereocenters. The fourth-order valence-electron chi connectivity index (χ4n) is 2.94. The third-order valence-electron chi connectivity index (χ3n) is 4.38. The van der Waals surface area contributed by atoms with Crippen LogP contribution in [0.15, 0.2) is 51.6 Å². The molecular formula is C19H17N3O4. The maximum absolute atomic E-state index is 12.4. The highest BCUT2D eigenvalue weighted by Gasteiger charge is 2.20. The summed E-state index contributed by atoms with van der Waals surface area (Å²) in [5.74, 6) is 0.619. The van der Waals surface area contributed by atoms with Gasteiger partial charge in [0.1, 0.15) is 0 Å². The molecule has 2 amide bonds. The van der Waals surface area contributed by atoms with E-state index in [9.17, 15) is 9.59 Å². The van der Waals surface area contributed by atoms with Crippen LogP contribution in [0, 0.1) is 0 Å². The van der Waals surface area contributed by atoms with Gasteiger partial charge in [0.15, 0.2) is 11.5 Å². The van der Waals surface area contributed by atoms with Crippen LogP contribution in [0.3, 0.4) is 0 Å². The number of aryl methyl sites for hydroxylation is 1. The van der Waals surface area contributed by atoms with Gasteiger partial charge in [-0.05, 0) is 42.7 Å². The molecule has 3 heterocycles. The fraction of sp³-hybridized carbons (Fsp3) is 0.211. The molecule has 132 valence electrons. The minimum atomic E-state index is -0.329. The molecule has 7 heteroatoms. The zero-order valence-electron chi connectivity index (χ0n) is 14.1. The van der Waals surface area contributed by atoms with Crippen LogP contribution in [0.5, 0.6) is 0 Å². The van der Waals surface area contributed by atoms with Crippen LogP contribution in [-0.2, 0) is 11.2 Å². The SMILES string of the molecule is CC(NC(=O)c1cc(-c2ccco2)on1)c1ccc2c(c1)CCC(=O)N2. The highest BCUT2D eigenvalue weighted by Crippen LogP contribution is 2.26. The summed E-state index contributed by atoms with van der Waals surface area (Å²) in [7, 11) is 0. The molecule has 2 N–H and O–H groups in total. The minimum Gasteiger partial charge on any atom is -0.461 e. The van der Waals surface area contributed by atoms with E-state index < -0.39 is 0 Å². The molecule has 0 spiro atoms. The molecule has 26 heavy (non-hydrogen) atoms. The number of amides is 2. The number of hydrogen-bond donors (Lipinski definition) is 2. The number of carbonyl (C=O) groups excluding carboxylic acids is 2. The van der Waals surface area contributed by atoms with Crippen LogP contribution in [0.25, 0.3) is 11.5 Å². The van der Waals surface area contributed by atoms with Gasteiger partial charge in [0.2, 0.25) is 11.7 Å². The normalized spacial score (nSPS) is 14.4. The van der Waals surface area contributed by atoms with E-state index in [0.29, 0.717) is 24.4 Å². The topological polar surface area (TPSA) is 97.4 Å². The van der Waals surface area contributed by atoms with Crippen LogP contribution in [0.4, 0.5) is 5.69 Å². The van der Waals surface area contributed by atoms with E-state index in [1.807, 2.05) is 25.1 Å². The largest absolute Gasteiger partial charge is 0.461 e. The van der Waals surface area contributed by atoms with Gasteiger partial charge in [-0.2, -0.15) is 0 Å². The molecule has 1 aliphatic heterocycles. The summed E-state index contributed by atoms with van der Waals surface area (Å²) < 4.78 is 10.4. The summed E-state index contributed by atoms with van der Waals surface area (Å²) in [5, 5.41) is 9.56. The number of furan rings is 1. The van der Waals surface area contributed by atoms with E-state index in [1.165, 1.54) is 6.26 Å². The van der Waals surface area contributed by atoms with Crippen molar-refractivity contribution in [3.05, 3.63) is 59.5 Å². The van der Waals surface area contributed by atoms with Gasteiger partial charge in [-0.25, -0.2) is 0 Å². The Bertz CT molecular complexity index is 959. The first-order chi connectivity index (χ1) is 12.6. The van der Waals surface area contributed by atoms with E-state index in [4.69, 9.17) is 8.94 Å². The molecular weight excluding hydrogens is 334 g/mol. The number of hydrogen-bond acceptors (Lipinski definition) is 5. The van der Waals surface area contributed by atoms with Crippen molar-refractivity contribution in [3.8, 4) is 11.5 Å². The van der Waals surface area contributed by atoms with Crippen LogP contribution < -0.4 is 10.6 Å². The summed E-state index contributed by atoms with van der Waals surface area (Å²) in [4.78, 5) is 23.9. The van der Waals surface area contributed by atoms with Gasteiger partial charge in [-0.3, -0.25) is 9.59 Å². The van der Waals surface area contributed by atoms with E-state index in [2.05, 4.69) is 15.8 Å². The van der Waals surface area contributed by atoms with Crippen LogP contribution >= 0.6 is 0 Å². The smallest absolute Gasteiger partial charge is 0.273 e. The van der Waals surface area contributed by atoms with Crippen molar-refractivity contribution < 1.29 is 18.5 Å². The van der Waals surface area contributed by atoms with Gasteiger partial charge in [-0.1, -0.05) is 17.3 Å². The number of nitrogens with one attached hydrogen (secondary N) is 2. The van der Waals surface area contributed by atoms with Crippen molar-refractivity contribution in [1.82, 2.24) is 10.5 Å². The zero-order valence-corrected chi connectivity index (χ0v) is 14.1. The second-order valence-corrected chi connectivity index (χ2v) is 6.21. The Morgan fingerprint density at radius 3 is 2.92 bits per heavy atom. The highest BCUT2D eigenvalue weighted by atomic mass is 16.5. The van der Waals surface area contributed by atoms with Gasteiger partial charge in [0.05, 0.1) is 12.3 Å². The molecule has 1 unspecified atom stereocenters. The van der Waals surface area contributed by atoms with Crippen molar-refractivity contribution >= 4 is 17.5 Å². The van der Waals surface area contributed by atoms with Crippen LogP contribution in [0.1, 0.15) is 41.0 Å². The molecule has 0 aliphatic carbocycles. The van der Waals surface area contributed by atoms with Crippen molar-refractivity contribution in [2.24, 2.45) is 0 Å². The number of nitrogens with zero attached hydrogens (tertiary/aromatic N) is 1. The van der Waals surface area contributed by atoms with E-state index in [-0.39, 0.29) is 23.6 Å². The Morgan fingerprint density at radius 2 is 2.12 bits per heavy atom. The maximum atomic E-state index is 12.4. The van der Waals surface area contributed by atoms with Crippen LogP contribution in [-0.4, -0.2) is 17.0 Å². The number of anilines is 1. The lowest BCUT2D eigenvalue weighted by Crippen LogP contribution is -2.27. The Balaban J connectivity index is 1.47. The Morgan fingerprint density at radius 1 is 1.23 bits per heavy atom. The molecule has 0 fully saturated rings. The average molecular weight is 351 g/mol. The van der Waals surface area contributed by atoms with Gasteiger partial charge < -0.3 is 19.6 Å². The van der Waals surface area contributed by atoms with Crippen molar-refractivity contribution in [3.63, 3.8) is 0 Å². The molecule has 1 aromatic carbocycles. The predicted octanol–water partition coefficient (Wildman–Crippen LogP) is 3.31. The van der Waals surface area contributed by atoms with Gasteiger partial charge in [-0.15, -0.1) is 0 Å². The summed E-state index contributed by atoms with van der Waals surface area (Å²) >= 11 is 0. The molecule has 3 aromatic rings. The number of fused-ring (bicyclic) bond motifs is 1. The molecule has 0 saturated carbocycles. The molecule has 2 aromatic heterocycles. The second-order valence-electron chi connectivity index (χ2n) is 6.21. The monoisotopic (exact) mass is 351 g/mol. The Kier molecular flexibility index (Phi) is 4.04. The van der Waals surface area contributed by atoms with E-state index >= 15 is 0 Å². The first kappa shape index (κ1) is 16.1. The molecule has 7 nitrogen and oxygen atoms in total. The zero-order chi connectivity index (χ0) is 18.1. The first-order valence-electron chi connectivity index (χ1n) is 8.34. The molecule has 1 aliphatic rings. The quantitative estimate of drug-likeness (QED) is 0.751. The lowest BCUT2D eigenvalue weighted by atomic mass is 9.98. The predicted molar refractivity (Wildman–Crippen MR) is 93.5 cm³/mol. The van der Waals surface area contributed by atoms with Gasteiger partial charge in [0.25, 0.3) is 5.91 Å². The summed E-state index contributed by atoms with van der Waals surface area (Å²) in [6.07, 6.45) is 2.70. The first-order valence-corrected chi connectivity index (χ1v) is 8.34. The van der Waals surface area contributed by atoms with Crippen molar-refractivity contribution in [2.45, 2.75) is 25.8 Å². The Labute approximate surface area is 149 Å². The number of benzene rings is 1. The van der Waals surface area contributed by atoms with Gasteiger partial charge in [0, 0.05) is 18.2 Å². The molecule has 0 saturated heterocycles. The summed E-state index contributed by atoms with van der Waals surface area (Å²) in [6, 6.07) is 10.6. The lowest BCUT2D eigenvalue weighted by molar-refractivity contribution is -0.116. The Hall–Kier alpha value is -3.35. The molecule has 0 radical (unpaired) electrons. The average Bonchev–Trinajstić information content (AvgIpc) is 3.32. The molecule has 4 rings (SSSR count). The standard InChI is InChI=1S/C19H17N3O4/c1-11(12-4-6-14-13(9-12)5-7-18(23)21-14)20-19(24)15-10-17(26-22-15)16-3-2-8-25-16/h2-4,6,8-11H,5,7H2,1H3,(H,20,24)(H,21,23). The second kappa shape index (κ2) is 6.51. The number of rotatable bonds is 4. The van der Waals surface area contributed by atoms with Gasteiger partial charge >= 0.3 is 0 Å². The van der Waals surface area contributed by atoms with E-state index in [0.717, 1.165) is 16.8 Å². The third kappa shape index (κ3) is 3.11. The number of carbonyl (C=O) groups is 2. The minimum absolute atomic E-state index is 0.0324. The number of aromatic nitrogens is 1. The lowest BCUT2D eigenvalue weighted by Gasteiger charge is -2.20. The molecule has 0 bridgehead atoms. The van der Waals surface area contributed by atoms with Crippen molar-refractivity contribution in [2.75, 3.05) is 5.32 Å². The van der Waals surface area contributed by atoms with Crippen molar-refractivity contribution in [1.29, 1.82) is 0 Å². The third-order valence-corrected chi connectivity index (χ3v) is 4.38. The van der Waals surface area contributed by atoms with E-state index in [1.54, 1.807) is 18.2 Å². The highest BCUT2D eigenvalue weighted by molar-refractivity contribution is 5.94. The maximum Gasteiger partial charge on any atom is 0.273 e.